The van der Waals surface area contributed by atoms with E-state index < -0.39 is 0 Å². The van der Waals surface area contributed by atoms with Gasteiger partial charge in [0.2, 0.25) is 0 Å². The van der Waals surface area contributed by atoms with Crippen LogP contribution in [0.2, 0.25) is 0 Å². The molecule has 0 atom stereocenters. The van der Waals surface area contributed by atoms with E-state index in [1.165, 1.54) is 5.56 Å². The lowest BCUT2D eigenvalue weighted by atomic mass is 9.85. The van der Waals surface area contributed by atoms with Gasteiger partial charge in [0.05, 0.1) is 5.56 Å². The molecule has 1 rings (SSSR count). The molecule has 0 fully saturated rings. The molecular formula is C16H17Br. The van der Waals surface area contributed by atoms with Gasteiger partial charge in [0.25, 0.3) is 0 Å². The third-order valence-corrected chi connectivity index (χ3v) is 3.09. The zero-order valence-corrected chi connectivity index (χ0v) is 12.6. The maximum Gasteiger partial charge on any atom is 0.0544 e. The van der Waals surface area contributed by atoms with E-state index in [1.54, 1.807) is 0 Å². The van der Waals surface area contributed by atoms with Gasteiger partial charge in [-0.2, -0.15) is 0 Å². The van der Waals surface area contributed by atoms with Crippen molar-refractivity contribution in [2.24, 2.45) is 0 Å². The fraction of sp³-hybridized carbons (Fsp3) is 0.375. The zero-order valence-electron chi connectivity index (χ0n) is 11.0. The highest BCUT2D eigenvalue weighted by Crippen LogP contribution is 2.29. The minimum atomic E-state index is 0.116. The lowest BCUT2D eigenvalue weighted by molar-refractivity contribution is 0.589. The Morgan fingerprint density at radius 3 is 2.06 bits per heavy atom. The van der Waals surface area contributed by atoms with Gasteiger partial charge in [-0.15, -0.1) is 11.8 Å². The number of halogens is 1. The van der Waals surface area contributed by atoms with Crippen LogP contribution in [-0.4, -0.2) is 0 Å². The Morgan fingerprint density at radius 2 is 1.59 bits per heavy atom. The third-order valence-electron chi connectivity index (χ3n) is 2.47. The van der Waals surface area contributed by atoms with Gasteiger partial charge in [-0.25, -0.2) is 0 Å². The van der Waals surface area contributed by atoms with Gasteiger partial charge in [-0.3, -0.25) is 0 Å². The summed E-state index contributed by atoms with van der Waals surface area (Å²) in [6, 6.07) is 4.28. The van der Waals surface area contributed by atoms with Crippen LogP contribution in [0.1, 0.15) is 51.3 Å². The molecule has 0 spiro atoms. The van der Waals surface area contributed by atoms with Crippen LogP contribution in [0.15, 0.2) is 16.6 Å². The molecule has 1 aromatic rings. The summed E-state index contributed by atoms with van der Waals surface area (Å²) in [4.78, 5) is 0. The number of hydrogen-bond acceptors (Lipinski definition) is 0. The summed E-state index contributed by atoms with van der Waals surface area (Å²) in [5.41, 5.74) is 3.37. The first-order valence-electron chi connectivity index (χ1n) is 5.59. The van der Waals surface area contributed by atoms with Crippen LogP contribution in [-0.2, 0) is 5.41 Å². The summed E-state index contributed by atoms with van der Waals surface area (Å²) in [6.07, 6.45) is 0. The van der Waals surface area contributed by atoms with Gasteiger partial charge < -0.3 is 0 Å². The first-order valence-corrected chi connectivity index (χ1v) is 6.39. The van der Waals surface area contributed by atoms with Crippen LogP contribution in [0.5, 0.6) is 0 Å². The summed E-state index contributed by atoms with van der Waals surface area (Å²) >= 11 is 3.59. The van der Waals surface area contributed by atoms with E-state index in [1.807, 2.05) is 13.8 Å². The molecule has 0 N–H and O–H groups in total. The molecule has 17 heavy (non-hydrogen) atoms. The molecule has 0 nitrogen and oxygen atoms in total. The molecule has 0 amide bonds. The lowest BCUT2D eigenvalue weighted by Crippen LogP contribution is -2.11. The molecule has 0 aliphatic rings. The van der Waals surface area contributed by atoms with Gasteiger partial charge in [-0.1, -0.05) is 32.6 Å². The average molecular weight is 289 g/mol. The minimum Gasteiger partial charge on any atom is -0.101 e. The molecule has 0 saturated carbocycles. The standard InChI is InChI=1S/C16H17Br/c1-6-8-12-10-13(16(3,4)5)11-15(17)14(12)9-7-2/h10-11H,1-5H3. The van der Waals surface area contributed by atoms with Gasteiger partial charge in [0.1, 0.15) is 0 Å². The Kier molecular flexibility index (Phi) is 4.44. The van der Waals surface area contributed by atoms with Crippen LogP contribution < -0.4 is 0 Å². The van der Waals surface area contributed by atoms with E-state index in [9.17, 15) is 0 Å². The van der Waals surface area contributed by atoms with Crippen molar-refractivity contribution in [2.45, 2.75) is 40.0 Å². The third kappa shape index (κ3) is 3.39. The van der Waals surface area contributed by atoms with Gasteiger partial charge in [0, 0.05) is 10.0 Å². The molecule has 88 valence electrons. The molecule has 0 bridgehead atoms. The monoisotopic (exact) mass is 288 g/mol. The Balaban J connectivity index is 3.54. The van der Waals surface area contributed by atoms with Gasteiger partial charge in [-0.05, 0) is 52.9 Å². The summed E-state index contributed by atoms with van der Waals surface area (Å²) < 4.78 is 1.03. The van der Waals surface area contributed by atoms with Crippen molar-refractivity contribution in [3.63, 3.8) is 0 Å². The van der Waals surface area contributed by atoms with Gasteiger partial charge in [0.15, 0.2) is 0 Å². The first kappa shape index (κ1) is 13.9. The van der Waals surface area contributed by atoms with Crippen molar-refractivity contribution in [1.82, 2.24) is 0 Å². The fourth-order valence-corrected chi connectivity index (χ4v) is 2.08. The van der Waals surface area contributed by atoms with Crippen molar-refractivity contribution in [3.8, 4) is 23.7 Å². The molecule has 1 aromatic carbocycles. The summed E-state index contributed by atoms with van der Waals surface area (Å²) in [6.45, 7) is 10.3. The highest BCUT2D eigenvalue weighted by molar-refractivity contribution is 9.10. The lowest BCUT2D eigenvalue weighted by Gasteiger charge is -2.20. The minimum absolute atomic E-state index is 0.116. The summed E-state index contributed by atoms with van der Waals surface area (Å²) in [5.74, 6) is 12.1. The SMILES string of the molecule is CC#Cc1cc(C(C)(C)C)cc(Br)c1C#CC. The van der Waals surface area contributed by atoms with Crippen LogP contribution in [0.3, 0.4) is 0 Å². The van der Waals surface area contributed by atoms with Crippen LogP contribution in [0, 0.1) is 23.7 Å². The van der Waals surface area contributed by atoms with Crippen molar-refractivity contribution in [3.05, 3.63) is 33.3 Å². The second-order valence-corrected chi connectivity index (χ2v) is 5.73. The largest absolute Gasteiger partial charge is 0.101 e. The summed E-state index contributed by atoms with van der Waals surface area (Å²) in [5, 5.41) is 0. The zero-order chi connectivity index (χ0) is 13.1. The molecule has 0 aromatic heterocycles. The molecule has 0 saturated heterocycles. The Morgan fingerprint density at radius 1 is 1.00 bits per heavy atom. The second kappa shape index (κ2) is 5.44. The van der Waals surface area contributed by atoms with Crippen molar-refractivity contribution >= 4 is 15.9 Å². The first-order chi connectivity index (χ1) is 7.90. The molecule has 0 unspecified atom stereocenters. The van der Waals surface area contributed by atoms with Crippen molar-refractivity contribution < 1.29 is 0 Å². The van der Waals surface area contributed by atoms with Gasteiger partial charge >= 0.3 is 0 Å². The van der Waals surface area contributed by atoms with E-state index in [4.69, 9.17) is 0 Å². The summed E-state index contributed by atoms with van der Waals surface area (Å²) in [7, 11) is 0. The molecule has 1 heteroatoms. The van der Waals surface area contributed by atoms with E-state index >= 15 is 0 Å². The Hall–Kier alpha value is -1.18. The van der Waals surface area contributed by atoms with Crippen molar-refractivity contribution in [2.75, 3.05) is 0 Å². The van der Waals surface area contributed by atoms with E-state index in [0.717, 1.165) is 15.6 Å². The molecule has 0 aliphatic carbocycles. The highest BCUT2D eigenvalue weighted by Gasteiger charge is 2.16. The average Bonchev–Trinajstić information content (AvgIpc) is 2.21. The van der Waals surface area contributed by atoms with E-state index in [2.05, 4.69) is 72.5 Å². The van der Waals surface area contributed by atoms with Crippen LogP contribution in [0.4, 0.5) is 0 Å². The topological polar surface area (TPSA) is 0 Å². The Bertz CT molecular complexity index is 537. The molecular weight excluding hydrogens is 272 g/mol. The number of benzene rings is 1. The molecule has 0 radical (unpaired) electrons. The molecule has 0 aliphatic heterocycles. The second-order valence-electron chi connectivity index (χ2n) is 4.88. The number of rotatable bonds is 0. The van der Waals surface area contributed by atoms with E-state index in [0.29, 0.717) is 0 Å². The smallest absolute Gasteiger partial charge is 0.0544 e. The maximum atomic E-state index is 3.59. The quantitative estimate of drug-likeness (QED) is 0.617. The highest BCUT2D eigenvalue weighted by atomic mass is 79.9. The maximum absolute atomic E-state index is 3.59. The normalized spacial score (nSPS) is 10.0. The predicted octanol–water partition coefficient (Wildman–Crippen LogP) is 4.49. The van der Waals surface area contributed by atoms with E-state index in [-0.39, 0.29) is 5.41 Å². The Labute approximate surface area is 113 Å². The predicted molar refractivity (Wildman–Crippen MR) is 77.9 cm³/mol. The van der Waals surface area contributed by atoms with Crippen LogP contribution >= 0.6 is 15.9 Å². The van der Waals surface area contributed by atoms with Crippen molar-refractivity contribution in [1.29, 1.82) is 0 Å². The number of hydrogen-bond donors (Lipinski definition) is 0. The fourth-order valence-electron chi connectivity index (χ4n) is 1.52. The van der Waals surface area contributed by atoms with Crippen LogP contribution in [0.25, 0.3) is 0 Å². The molecule has 0 heterocycles.